The average Bonchev–Trinajstić information content (AvgIpc) is 2.52. The molecule has 1 amide bonds. The molecule has 0 atom stereocenters. The molecule has 0 aliphatic heterocycles. The molecule has 0 spiro atoms. The zero-order chi connectivity index (χ0) is 17.6. The molecule has 1 heterocycles. The van der Waals surface area contributed by atoms with Crippen LogP contribution in [-0.4, -0.2) is 23.7 Å². The number of carbonyl (C=O) groups excluding carboxylic acids is 1. The number of hydrogen-bond donors (Lipinski definition) is 2. The third kappa shape index (κ3) is 5.78. The predicted molar refractivity (Wildman–Crippen MR) is 84.9 cm³/mol. The fraction of sp³-hybridized carbons (Fsp3) is 0.250. The van der Waals surface area contributed by atoms with Crippen LogP contribution < -0.4 is 5.32 Å². The number of nitrogens with one attached hydrogen (secondary N) is 2. The Morgan fingerprint density at radius 3 is 2.67 bits per heavy atom. The summed E-state index contributed by atoms with van der Waals surface area (Å²) in [5.41, 5.74) is 1.71. The van der Waals surface area contributed by atoms with E-state index in [9.17, 15) is 18.0 Å². The molecule has 0 radical (unpaired) electrons. The Hall–Kier alpha value is -2.19. The molecule has 0 fully saturated rings. The number of pyridine rings is 1. The molecule has 0 aliphatic carbocycles. The molecule has 128 valence electrons. The quantitative estimate of drug-likeness (QED) is 0.775. The number of aromatic nitrogens is 1. The van der Waals surface area contributed by atoms with Gasteiger partial charge in [-0.3, -0.25) is 4.79 Å². The van der Waals surface area contributed by atoms with E-state index in [1.165, 1.54) is 0 Å². The number of halogens is 3. The highest BCUT2D eigenvalue weighted by Gasteiger charge is 2.27. The van der Waals surface area contributed by atoms with Crippen LogP contribution in [0.2, 0.25) is 0 Å². The normalized spacial score (nSPS) is 11.3. The second-order valence-corrected chi connectivity index (χ2v) is 5.43. The Morgan fingerprint density at radius 1 is 1.21 bits per heavy atom. The predicted octanol–water partition coefficient (Wildman–Crippen LogP) is 3.75. The summed E-state index contributed by atoms with van der Waals surface area (Å²) in [5, 5.41) is 2.72. The number of aromatic amines is 1. The summed E-state index contributed by atoms with van der Waals surface area (Å²) in [7, 11) is 0. The Labute approximate surface area is 141 Å². The summed E-state index contributed by atoms with van der Waals surface area (Å²) in [4.78, 5) is 14.8. The number of ether oxygens (including phenoxy) is 1. The molecule has 2 rings (SSSR count). The zero-order valence-corrected chi connectivity index (χ0v) is 13.3. The van der Waals surface area contributed by atoms with Crippen molar-refractivity contribution in [3.63, 3.8) is 0 Å². The van der Waals surface area contributed by atoms with E-state index >= 15 is 0 Å². The Morgan fingerprint density at radius 2 is 1.96 bits per heavy atom. The second-order valence-electron chi connectivity index (χ2n) is 5.02. The number of rotatable bonds is 6. The van der Waals surface area contributed by atoms with E-state index in [-0.39, 0.29) is 19.1 Å². The first-order valence-corrected chi connectivity index (χ1v) is 7.44. The van der Waals surface area contributed by atoms with E-state index in [1.807, 2.05) is 0 Å². The Bertz CT molecular complexity index is 759. The summed E-state index contributed by atoms with van der Waals surface area (Å²) in [6.07, 6.45) is -2.72. The van der Waals surface area contributed by atoms with Crippen molar-refractivity contribution in [3.8, 4) is 0 Å². The van der Waals surface area contributed by atoms with Gasteiger partial charge in [-0.2, -0.15) is 13.2 Å². The molecule has 0 saturated heterocycles. The lowest BCUT2D eigenvalue weighted by Gasteiger charge is -2.09. The van der Waals surface area contributed by atoms with Crippen molar-refractivity contribution < 1.29 is 22.7 Å². The highest BCUT2D eigenvalue weighted by Crippen LogP contribution is 2.16. The molecule has 1 aromatic carbocycles. The molecule has 0 bridgehead atoms. The van der Waals surface area contributed by atoms with Crippen LogP contribution >= 0.6 is 12.2 Å². The summed E-state index contributed by atoms with van der Waals surface area (Å²) < 4.78 is 41.1. The van der Waals surface area contributed by atoms with Crippen LogP contribution in [-0.2, 0) is 17.9 Å². The minimum atomic E-state index is -4.35. The van der Waals surface area contributed by atoms with E-state index in [0.29, 0.717) is 15.8 Å². The summed E-state index contributed by atoms with van der Waals surface area (Å²) >= 11 is 5.03. The van der Waals surface area contributed by atoms with E-state index < -0.39 is 12.8 Å². The van der Waals surface area contributed by atoms with Crippen LogP contribution in [0.25, 0.3) is 0 Å². The molecule has 1 aromatic heterocycles. The third-order valence-corrected chi connectivity index (χ3v) is 3.38. The first-order chi connectivity index (χ1) is 11.3. The van der Waals surface area contributed by atoms with Gasteiger partial charge in [0.15, 0.2) is 0 Å². The molecule has 0 saturated carbocycles. The van der Waals surface area contributed by atoms with Gasteiger partial charge < -0.3 is 15.0 Å². The van der Waals surface area contributed by atoms with Gasteiger partial charge in [-0.1, -0.05) is 36.5 Å². The average molecular weight is 356 g/mol. The van der Waals surface area contributed by atoms with Crippen LogP contribution in [0.3, 0.4) is 0 Å². The summed E-state index contributed by atoms with van der Waals surface area (Å²) in [6.45, 7) is -1.21. The van der Waals surface area contributed by atoms with Gasteiger partial charge in [-0.05, 0) is 23.3 Å². The van der Waals surface area contributed by atoms with E-state index in [2.05, 4.69) is 15.0 Å². The molecule has 4 nitrogen and oxygen atoms in total. The minimum Gasteiger partial charge on any atom is -0.367 e. The molecule has 8 heteroatoms. The van der Waals surface area contributed by atoms with Crippen molar-refractivity contribution in [2.45, 2.75) is 19.3 Å². The Balaban J connectivity index is 1.91. The maximum Gasteiger partial charge on any atom is 0.411 e. The monoisotopic (exact) mass is 356 g/mol. The van der Waals surface area contributed by atoms with Crippen molar-refractivity contribution >= 4 is 18.1 Å². The molecular formula is C16H15F3N2O2S. The smallest absolute Gasteiger partial charge is 0.367 e. The zero-order valence-electron chi connectivity index (χ0n) is 12.5. The number of carbonyl (C=O) groups is 1. The van der Waals surface area contributed by atoms with Crippen molar-refractivity contribution in [2.24, 2.45) is 0 Å². The van der Waals surface area contributed by atoms with E-state index in [0.717, 1.165) is 5.56 Å². The first kappa shape index (κ1) is 18.2. The highest BCUT2D eigenvalue weighted by molar-refractivity contribution is 7.71. The van der Waals surface area contributed by atoms with Crippen LogP contribution in [0.1, 0.15) is 21.5 Å². The molecular weight excluding hydrogens is 341 g/mol. The van der Waals surface area contributed by atoms with Crippen molar-refractivity contribution in [3.05, 3.63) is 63.9 Å². The first-order valence-electron chi connectivity index (χ1n) is 7.03. The molecule has 0 aliphatic rings. The van der Waals surface area contributed by atoms with Gasteiger partial charge in [0.2, 0.25) is 0 Å². The SMILES string of the molecule is O=C(NCc1cccc(COCC(F)(F)F)c1)c1ccc[nH]c1=S. The van der Waals surface area contributed by atoms with Gasteiger partial charge in [-0.25, -0.2) is 0 Å². The second kappa shape index (κ2) is 8.07. The van der Waals surface area contributed by atoms with E-state index in [1.54, 1.807) is 42.6 Å². The lowest BCUT2D eigenvalue weighted by molar-refractivity contribution is -0.176. The lowest BCUT2D eigenvalue weighted by Crippen LogP contribution is -2.23. The highest BCUT2D eigenvalue weighted by atomic mass is 32.1. The molecule has 2 N–H and O–H groups in total. The third-order valence-electron chi connectivity index (χ3n) is 3.04. The number of alkyl halides is 3. The van der Waals surface area contributed by atoms with Crippen molar-refractivity contribution in [1.82, 2.24) is 10.3 Å². The minimum absolute atomic E-state index is 0.148. The topological polar surface area (TPSA) is 54.1 Å². The maximum atomic E-state index is 12.1. The summed E-state index contributed by atoms with van der Waals surface area (Å²) in [6, 6.07) is 10.1. The van der Waals surface area contributed by atoms with Crippen LogP contribution in [0.15, 0.2) is 42.6 Å². The molecule has 2 aromatic rings. The summed E-state index contributed by atoms with van der Waals surface area (Å²) in [5.74, 6) is -0.324. The van der Waals surface area contributed by atoms with Gasteiger partial charge in [0.25, 0.3) is 5.91 Å². The maximum absolute atomic E-state index is 12.1. The fourth-order valence-corrected chi connectivity index (χ4v) is 2.22. The van der Waals surface area contributed by atoms with Crippen LogP contribution in [0, 0.1) is 4.64 Å². The van der Waals surface area contributed by atoms with Gasteiger partial charge in [0.1, 0.15) is 11.2 Å². The van der Waals surface area contributed by atoms with Crippen LogP contribution in [0.4, 0.5) is 13.2 Å². The van der Waals surface area contributed by atoms with Crippen LogP contribution in [0.5, 0.6) is 0 Å². The van der Waals surface area contributed by atoms with Gasteiger partial charge in [0, 0.05) is 12.7 Å². The van der Waals surface area contributed by atoms with Gasteiger partial charge >= 0.3 is 6.18 Å². The van der Waals surface area contributed by atoms with Gasteiger partial charge in [-0.15, -0.1) is 0 Å². The molecule has 24 heavy (non-hydrogen) atoms. The number of H-pyrrole nitrogens is 1. The van der Waals surface area contributed by atoms with Crippen molar-refractivity contribution in [1.29, 1.82) is 0 Å². The number of benzene rings is 1. The van der Waals surface area contributed by atoms with E-state index in [4.69, 9.17) is 12.2 Å². The van der Waals surface area contributed by atoms with Gasteiger partial charge in [0.05, 0.1) is 12.2 Å². The fourth-order valence-electron chi connectivity index (χ4n) is 1.99. The lowest BCUT2D eigenvalue weighted by atomic mass is 10.1. The molecule has 0 unspecified atom stereocenters. The van der Waals surface area contributed by atoms with Crippen molar-refractivity contribution in [2.75, 3.05) is 6.61 Å². The number of amides is 1. The standard InChI is InChI=1S/C16H15F3N2O2S/c17-16(18,19)10-23-9-12-4-1-3-11(7-12)8-21-14(22)13-5-2-6-20-15(13)24/h1-7H,8-10H2,(H,20,24)(H,21,22). The number of hydrogen-bond acceptors (Lipinski definition) is 3. The largest absolute Gasteiger partial charge is 0.411 e. The Kier molecular flexibility index (Phi) is 6.10.